The standard InChI is InChI=1S/C27H34N4O5/c1-17(28-26(33)21(18(2)32)12-8-11-19-9-6-5-7-10-19)25-27(34)29-24(30-31-25)16-20-13-14-22(35-3)23(15-20)36-4/h5-7,9-10,13-15,17-18,21,32H,8,11-12,16H2,1-4H3,(H,28,33)(H,29,30,34)/t17-,18-,21-/m1/s1. The van der Waals surface area contributed by atoms with E-state index in [1.807, 2.05) is 42.5 Å². The number of aryl methyl sites for hydroxylation is 1. The summed E-state index contributed by atoms with van der Waals surface area (Å²) in [6, 6.07) is 14.8. The predicted octanol–water partition coefficient (Wildman–Crippen LogP) is 2.97. The molecule has 0 fully saturated rings. The molecule has 0 aliphatic carbocycles. The van der Waals surface area contributed by atoms with Gasteiger partial charge >= 0.3 is 0 Å². The lowest BCUT2D eigenvalue weighted by Crippen LogP contribution is -2.40. The summed E-state index contributed by atoms with van der Waals surface area (Å²) >= 11 is 0. The summed E-state index contributed by atoms with van der Waals surface area (Å²) in [4.78, 5) is 28.3. The van der Waals surface area contributed by atoms with Crippen LogP contribution in [0.25, 0.3) is 0 Å². The molecule has 0 saturated heterocycles. The van der Waals surface area contributed by atoms with Crippen LogP contribution in [0.1, 0.15) is 55.4 Å². The van der Waals surface area contributed by atoms with E-state index in [4.69, 9.17) is 9.47 Å². The van der Waals surface area contributed by atoms with Gasteiger partial charge in [-0.05, 0) is 56.4 Å². The van der Waals surface area contributed by atoms with Crippen LogP contribution in [0.3, 0.4) is 0 Å². The van der Waals surface area contributed by atoms with Gasteiger partial charge in [0.05, 0.1) is 32.3 Å². The number of ether oxygens (including phenoxy) is 2. The van der Waals surface area contributed by atoms with Gasteiger partial charge in [0.1, 0.15) is 11.5 Å². The number of aliphatic hydroxyl groups excluding tert-OH is 1. The van der Waals surface area contributed by atoms with Crippen LogP contribution < -0.4 is 20.3 Å². The zero-order valence-corrected chi connectivity index (χ0v) is 21.2. The van der Waals surface area contributed by atoms with Crippen LogP contribution in [0.15, 0.2) is 53.3 Å². The Kier molecular flexibility index (Phi) is 9.58. The molecular weight excluding hydrogens is 460 g/mol. The molecule has 0 radical (unpaired) electrons. The minimum atomic E-state index is -0.818. The highest BCUT2D eigenvalue weighted by molar-refractivity contribution is 5.79. The number of carbonyl (C=O) groups is 1. The summed E-state index contributed by atoms with van der Waals surface area (Å²) < 4.78 is 10.6. The smallest absolute Gasteiger partial charge is 0.275 e. The van der Waals surface area contributed by atoms with Crippen molar-refractivity contribution in [1.82, 2.24) is 20.5 Å². The second-order valence-corrected chi connectivity index (χ2v) is 8.81. The maximum absolute atomic E-state index is 12.9. The number of rotatable bonds is 12. The third-order valence-corrected chi connectivity index (χ3v) is 6.10. The van der Waals surface area contributed by atoms with Crippen LogP contribution >= 0.6 is 0 Å². The second-order valence-electron chi connectivity index (χ2n) is 8.81. The van der Waals surface area contributed by atoms with Gasteiger partial charge in [-0.3, -0.25) is 9.59 Å². The van der Waals surface area contributed by atoms with E-state index in [-0.39, 0.29) is 11.6 Å². The predicted molar refractivity (Wildman–Crippen MR) is 136 cm³/mol. The largest absolute Gasteiger partial charge is 0.493 e. The molecule has 0 aliphatic heterocycles. The molecule has 1 amide bonds. The van der Waals surface area contributed by atoms with Gasteiger partial charge in [0.2, 0.25) is 5.91 Å². The van der Waals surface area contributed by atoms with E-state index in [1.165, 1.54) is 5.56 Å². The Labute approximate surface area is 210 Å². The zero-order chi connectivity index (χ0) is 26.1. The molecular formula is C27H34N4O5. The Bertz CT molecular complexity index is 1200. The van der Waals surface area contributed by atoms with Crippen molar-refractivity contribution >= 4 is 5.91 Å². The SMILES string of the molecule is COc1ccc(Cc2nnc([C@@H](C)NC(=O)[C@H](CCCc3ccccc3)[C@@H](C)O)c(=O)[nH]2)cc1OC. The van der Waals surface area contributed by atoms with Gasteiger partial charge < -0.3 is 24.9 Å². The van der Waals surface area contributed by atoms with Crippen LogP contribution in [0.2, 0.25) is 0 Å². The Balaban J connectivity index is 1.62. The van der Waals surface area contributed by atoms with E-state index in [9.17, 15) is 14.7 Å². The molecule has 9 heteroatoms. The van der Waals surface area contributed by atoms with Crippen molar-refractivity contribution in [3.05, 3.63) is 81.5 Å². The number of amides is 1. The average molecular weight is 495 g/mol. The highest BCUT2D eigenvalue weighted by Crippen LogP contribution is 2.28. The molecule has 9 nitrogen and oxygen atoms in total. The molecule has 0 bridgehead atoms. The van der Waals surface area contributed by atoms with Crippen molar-refractivity contribution in [2.75, 3.05) is 14.2 Å². The number of benzene rings is 2. The molecule has 0 aliphatic rings. The number of aliphatic hydroxyl groups is 1. The maximum atomic E-state index is 12.9. The van der Waals surface area contributed by atoms with Crippen molar-refractivity contribution < 1.29 is 19.4 Å². The molecule has 0 spiro atoms. The molecule has 2 aromatic carbocycles. The van der Waals surface area contributed by atoms with Gasteiger partial charge in [-0.25, -0.2) is 0 Å². The molecule has 1 aromatic heterocycles. The number of aromatic nitrogens is 3. The number of carbonyl (C=O) groups excluding carboxylic acids is 1. The topological polar surface area (TPSA) is 126 Å². The first-order chi connectivity index (χ1) is 17.3. The van der Waals surface area contributed by atoms with Gasteiger partial charge in [0.25, 0.3) is 5.56 Å². The molecule has 0 saturated carbocycles. The molecule has 0 unspecified atom stereocenters. The summed E-state index contributed by atoms with van der Waals surface area (Å²) in [5.41, 5.74) is 1.73. The summed E-state index contributed by atoms with van der Waals surface area (Å²) in [5, 5.41) is 21.2. The fourth-order valence-corrected chi connectivity index (χ4v) is 4.08. The molecule has 3 N–H and O–H groups in total. The van der Waals surface area contributed by atoms with E-state index >= 15 is 0 Å². The number of hydrogen-bond donors (Lipinski definition) is 3. The Morgan fingerprint density at radius 2 is 1.75 bits per heavy atom. The van der Waals surface area contributed by atoms with Crippen LogP contribution in [0.5, 0.6) is 11.5 Å². The number of H-pyrrole nitrogens is 1. The normalized spacial score (nSPS) is 13.5. The minimum Gasteiger partial charge on any atom is -0.493 e. The minimum absolute atomic E-state index is 0.105. The van der Waals surface area contributed by atoms with Crippen LogP contribution in [-0.2, 0) is 17.6 Å². The fourth-order valence-electron chi connectivity index (χ4n) is 4.08. The number of nitrogens with one attached hydrogen (secondary N) is 2. The second kappa shape index (κ2) is 12.8. The monoisotopic (exact) mass is 494 g/mol. The molecule has 36 heavy (non-hydrogen) atoms. The first-order valence-corrected chi connectivity index (χ1v) is 12.0. The highest BCUT2D eigenvalue weighted by Gasteiger charge is 2.26. The van der Waals surface area contributed by atoms with E-state index in [1.54, 1.807) is 34.1 Å². The lowest BCUT2D eigenvalue weighted by Gasteiger charge is -2.22. The van der Waals surface area contributed by atoms with Crippen LogP contribution in [0.4, 0.5) is 0 Å². The lowest BCUT2D eigenvalue weighted by molar-refractivity contribution is -0.129. The highest BCUT2D eigenvalue weighted by atomic mass is 16.5. The summed E-state index contributed by atoms with van der Waals surface area (Å²) in [6.07, 6.45) is 1.62. The molecule has 3 atom stereocenters. The van der Waals surface area contributed by atoms with E-state index in [0.717, 1.165) is 18.4 Å². The van der Waals surface area contributed by atoms with E-state index in [0.29, 0.717) is 30.2 Å². The third-order valence-electron chi connectivity index (χ3n) is 6.10. The van der Waals surface area contributed by atoms with Gasteiger partial charge in [-0.2, -0.15) is 0 Å². The summed E-state index contributed by atoms with van der Waals surface area (Å²) in [5.74, 6) is 0.664. The number of methoxy groups -OCH3 is 2. The number of aromatic amines is 1. The number of nitrogens with zero attached hydrogens (tertiary/aromatic N) is 2. The van der Waals surface area contributed by atoms with Crippen molar-refractivity contribution in [1.29, 1.82) is 0 Å². The van der Waals surface area contributed by atoms with Gasteiger partial charge in [-0.1, -0.05) is 36.4 Å². The van der Waals surface area contributed by atoms with Gasteiger partial charge in [0, 0.05) is 6.42 Å². The quantitative estimate of drug-likeness (QED) is 0.353. The first kappa shape index (κ1) is 26.9. The van der Waals surface area contributed by atoms with Crippen molar-refractivity contribution in [2.24, 2.45) is 5.92 Å². The lowest BCUT2D eigenvalue weighted by atomic mass is 9.94. The van der Waals surface area contributed by atoms with Crippen molar-refractivity contribution in [3.8, 4) is 11.5 Å². The number of hydrogen-bond acceptors (Lipinski definition) is 7. The maximum Gasteiger partial charge on any atom is 0.275 e. The third kappa shape index (κ3) is 7.14. The van der Waals surface area contributed by atoms with Crippen LogP contribution in [-0.4, -0.2) is 46.5 Å². The van der Waals surface area contributed by atoms with Gasteiger partial charge in [0.15, 0.2) is 11.5 Å². The van der Waals surface area contributed by atoms with Crippen molar-refractivity contribution in [2.45, 2.75) is 51.7 Å². The first-order valence-electron chi connectivity index (χ1n) is 12.0. The van der Waals surface area contributed by atoms with Crippen molar-refractivity contribution in [3.63, 3.8) is 0 Å². The molecule has 3 rings (SSSR count). The fraction of sp³-hybridized carbons (Fsp3) is 0.407. The average Bonchev–Trinajstić information content (AvgIpc) is 2.86. The Morgan fingerprint density at radius 1 is 1.03 bits per heavy atom. The summed E-state index contributed by atoms with van der Waals surface area (Å²) in [6.45, 7) is 3.28. The van der Waals surface area contributed by atoms with Crippen LogP contribution in [0, 0.1) is 5.92 Å². The van der Waals surface area contributed by atoms with Gasteiger partial charge in [-0.15, -0.1) is 10.2 Å². The zero-order valence-electron chi connectivity index (χ0n) is 21.2. The molecule has 1 heterocycles. The van der Waals surface area contributed by atoms with E-state index in [2.05, 4.69) is 20.5 Å². The van der Waals surface area contributed by atoms with E-state index < -0.39 is 23.6 Å². The Morgan fingerprint density at radius 3 is 2.39 bits per heavy atom. The molecule has 3 aromatic rings. The molecule has 192 valence electrons. The summed E-state index contributed by atoms with van der Waals surface area (Å²) in [7, 11) is 3.12. The Hall–Kier alpha value is -3.72.